The number of thiazole rings is 1. The Morgan fingerprint density at radius 3 is 2.80 bits per heavy atom. The molecule has 1 atom stereocenters. The molecule has 1 aliphatic carbocycles. The van der Waals surface area contributed by atoms with Gasteiger partial charge >= 0.3 is 0 Å². The van der Waals surface area contributed by atoms with Gasteiger partial charge in [-0.05, 0) is 51.7 Å². The maximum absolute atomic E-state index is 4.83. The first kappa shape index (κ1) is 16.5. The molecule has 0 unspecified atom stereocenters. The standard InChI is InChI=1S/C20H24N4S/c1-14(21-13-20-23-18-10-6-7-11-19(18)25-20)17-12-22-24(15(17)2)16-8-4-3-5-9-16/h3-5,8-9,12,14,21H,6-7,10-11,13H2,1-2H3/t14-/m0/s1. The average molecular weight is 353 g/mol. The van der Waals surface area contributed by atoms with Crippen molar-refractivity contribution in [1.29, 1.82) is 0 Å². The lowest BCUT2D eigenvalue weighted by atomic mass is 10.0. The number of aromatic nitrogens is 3. The number of hydrogen-bond donors (Lipinski definition) is 1. The van der Waals surface area contributed by atoms with Gasteiger partial charge in [-0.15, -0.1) is 11.3 Å². The van der Waals surface area contributed by atoms with Crippen LogP contribution in [0.2, 0.25) is 0 Å². The molecule has 130 valence electrons. The van der Waals surface area contributed by atoms with E-state index in [1.54, 1.807) is 0 Å². The summed E-state index contributed by atoms with van der Waals surface area (Å²) in [5, 5.41) is 9.42. The number of para-hydroxylation sites is 1. The topological polar surface area (TPSA) is 42.7 Å². The van der Waals surface area contributed by atoms with Crippen LogP contribution >= 0.6 is 11.3 Å². The first-order chi connectivity index (χ1) is 12.2. The van der Waals surface area contributed by atoms with E-state index < -0.39 is 0 Å². The van der Waals surface area contributed by atoms with E-state index >= 15 is 0 Å². The zero-order valence-electron chi connectivity index (χ0n) is 14.8. The Morgan fingerprint density at radius 2 is 2.00 bits per heavy atom. The second-order valence-corrected chi connectivity index (χ2v) is 7.89. The smallest absolute Gasteiger partial charge is 0.107 e. The van der Waals surface area contributed by atoms with E-state index in [9.17, 15) is 0 Å². The predicted molar refractivity (Wildman–Crippen MR) is 102 cm³/mol. The van der Waals surface area contributed by atoms with Gasteiger partial charge in [0, 0.05) is 28.7 Å². The molecular weight excluding hydrogens is 328 g/mol. The highest BCUT2D eigenvalue weighted by Gasteiger charge is 2.17. The normalized spacial score (nSPS) is 15.1. The Morgan fingerprint density at radius 1 is 1.20 bits per heavy atom. The van der Waals surface area contributed by atoms with Gasteiger partial charge in [0.25, 0.3) is 0 Å². The van der Waals surface area contributed by atoms with Crippen molar-refractivity contribution in [2.24, 2.45) is 0 Å². The summed E-state index contributed by atoms with van der Waals surface area (Å²) in [5.41, 5.74) is 4.87. The highest BCUT2D eigenvalue weighted by molar-refractivity contribution is 7.11. The molecular formula is C20H24N4S. The Bertz CT molecular complexity index is 826. The van der Waals surface area contributed by atoms with E-state index in [2.05, 4.69) is 36.4 Å². The summed E-state index contributed by atoms with van der Waals surface area (Å²) in [4.78, 5) is 6.33. The maximum atomic E-state index is 4.83. The molecule has 3 aromatic rings. The van der Waals surface area contributed by atoms with Crippen molar-refractivity contribution in [1.82, 2.24) is 20.1 Å². The summed E-state index contributed by atoms with van der Waals surface area (Å²) < 4.78 is 2.01. The fourth-order valence-electron chi connectivity index (χ4n) is 3.51. The molecule has 1 aliphatic rings. The van der Waals surface area contributed by atoms with Crippen LogP contribution in [0.15, 0.2) is 36.5 Å². The third kappa shape index (κ3) is 3.39. The number of nitrogens with zero attached hydrogens (tertiary/aromatic N) is 3. The molecule has 25 heavy (non-hydrogen) atoms. The van der Waals surface area contributed by atoms with Crippen LogP contribution in [0.5, 0.6) is 0 Å². The number of benzene rings is 1. The van der Waals surface area contributed by atoms with Crippen LogP contribution in [-0.2, 0) is 19.4 Å². The minimum Gasteiger partial charge on any atom is -0.304 e. The molecule has 1 N–H and O–H groups in total. The second kappa shape index (κ2) is 7.10. The van der Waals surface area contributed by atoms with Gasteiger partial charge in [-0.2, -0.15) is 5.10 Å². The molecule has 2 aromatic heterocycles. The van der Waals surface area contributed by atoms with Crippen molar-refractivity contribution in [2.75, 3.05) is 0 Å². The van der Waals surface area contributed by atoms with Crippen molar-refractivity contribution >= 4 is 11.3 Å². The third-order valence-corrected chi connectivity index (χ3v) is 6.12. The van der Waals surface area contributed by atoms with Crippen molar-refractivity contribution in [3.05, 3.63) is 63.4 Å². The average Bonchev–Trinajstić information content (AvgIpc) is 3.23. The number of aryl methyl sites for hydroxylation is 2. The second-order valence-electron chi connectivity index (χ2n) is 6.72. The van der Waals surface area contributed by atoms with E-state index in [4.69, 9.17) is 4.98 Å². The SMILES string of the molecule is Cc1c([C@H](C)NCc2nc3c(s2)CCCC3)cnn1-c1ccccc1. The Balaban J connectivity index is 1.45. The predicted octanol–water partition coefficient (Wildman–Crippen LogP) is 4.37. The monoisotopic (exact) mass is 352 g/mol. The Labute approximate surface area is 152 Å². The zero-order chi connectivity index (χ0) is 17.2. The summed E-state index contributed by atoms with van der Waals surface area (Å²) in [5.74, 6) is 0. The van der Waals surface area contributed by atoms with Gasteiger partial charge in [0.15, 0.2) is 0 Å². The quantitative estimate of drug-likeness (QED) is 0.741. The van der Waals surface area contributed by atoms with Crippen molar-refractivity contribution in [2.45, 2.75) is 52.1 Å². The van der Waals surface area contributed by atoms with Crippen LogP contribution in [0.25, 0.3) is 5.69 Å². The number of fused-ring (bicyclic) bond motifs is 1. The molecule has 2 heterocycles. The van der Waals surface area contributed by atoms with Gasteiger partial charge in [0.1, 0.15) is 5.01 Å². The van der Waals surface area contributed by atoms with Crippen molar-refractivity contribution < 1.29 is 0 Å². The molecule has 5 heteroatoms. The summed E-state index contributed by atoms with van der Waals surface area (Å²) in [6.07, 6.45) is 6.96. The zero-order valence-corrected chi connectivity index (χ0v) is 15.6. The number of nitrogens with one attached hydrogen (secondary N) is 1. The van der Waals surface area contributed by atoms with E-state index in [-0.39, 0.29) is 6.04 Å². The van der Waals surface area contributed by atoms with Gasteiger partial charge in [0.05, 0.1) is 17.6 Å². The van der Waals surface area contributed by atoms with Gasteiger partial charge in [-0.1, -0.05) is 18.2 Å². The number of hydrogen-bond acceptors (Lipinski definition) is 4. The van der Waals surface area contributed by atoms with Crippen LogP contribution in [0, 0.1) is 6.92 Å². The molecule has 0 saturated carbocycles. The van der Waals surface area contributed by atoms with Crippen molar-refractivity contribution in [3.8, 4) is 5.69 Å². The molecule has 4 rings (SSSR count). The molecule has 0 bridgehead atoms. The lowest BCUT2D eigenvalue weighted by molar-refractivity contribution is 0.568. The fourth-order valence-corrected chi connectivity index (χ4v) is 4.62. The van der Waals surface area contributed by atoms with Crippen molar-refractivity contribution in [3.63, 3.8) is 0 Å². The first-order valence-corrected chi connectivity index (χ1v) is 9.85. The molecule has 1 aromatic carbocycles. The van der Waals surface area contributed by atoms with E-state index in [1.807, 2.05) is 40.4 Å². The molecule has 0 radical (unpaired) electrons. The number of rotatable bonds is 5. The van der Waals surface area contributed by atoms with Gasteiger partial charge < -0.3 is 5.32 Å². The van der Waals surface area contributed by atoms with E-state index in [0.29, 0.717) is 0 Å². The van der Waals surface area contributed by atoms with Gasteiger partial charge in [-0.25, -0.2) is 9.67 Å². The Kier molecular flexibility index (Phi) is 4.68. The lowest BCUT2D eigenvalue weighted by Crippen LogP contribution is -2.18. The van der Waals surface area contributed by atoms with Crippen LogP contribution in [0.4, 0.5) is 0 Å². The largest absolute Gasteiger partial charge is 0.304 e. The summed E-state index contributed by atoms with van der Waals surface area (Å²) in [6.45, 7) is 5.16. The molecule has 0 aliphatic heterocycles. The van der Waals surface area contributed by atoms with E-state index in [0.717, 1.165) is 18.7 Å². The highest BCUT2D eigenvalue weighted by Crippen LogP contribution is 2.27. The molecule has 0 amide bonds. The van der Waals surface area contributed by atoms with Gasteiger partial charge in [0.2, 0.25) is 0 Å². The van der Waals surface area contributed by atoms with Crippen LogP contribution in [-0.4, -0.2) is 14.8 Å². The van der Waals surface area contributed by atoms with Crippen LogP contribution < -0.4 is 5.32 Å². The molecule has 0 saturated heterocycles. The van der Waals surface area contributed by atoms with Crippen LogP contribution in [0.1, 0.15) is 52.6 Å². The fraction of sp³-hybridized carbons (Fsp3) is 0.400. The molecule has 0 fully saturated rings. The van der Waals surface area contributed by atoms with E-state index in [1.165, 1.54) is 46.1 Å². The minimum atomic E-state index is 0.249. The van der Waals surface area contributed by atoms with Gasteiger partial charge in [-0.3, -0.25) is 0 Å². The summed E-state index contributed by atoms with van der Waals surface area (Å²) >= 11 is 1.88. The highest BCUT2D eigenvalue weighted by atomic mass is 32.1. The molecule has 0 spiro atoms. The minimum absolute atomic E-state index is 0.249. The summed E-state index contributed by atoms with van der Waals surface area (Å²) in [7, 11) is 0. The maximum Gasteiger partial charge on any atom is 0.107 e. The van der Waals surface area contributed by atoms with Crippen LogP contribution in [0.3, 0.4) is 0 Å². The lowest BCUT2D eigenvalue weighted by Gasteiger charge is -2.13. The molecule has 4 nitrogen and oxygen atoms in total. The Hall–Kier alpha value is -1.98. The third-order valence-electron chi connectivity index (χ3n) is 4.96. The first-order valence-electron chi connectivity index (χ1n) is 9.03. The summed E-state index contributed by atoms with van der Waals surface area (Å²) in [6, 6.07) is 10.5.